The summed E-state index contributed by atoms with van der Waals surface area (Å²) in [6.07, 6.45) is 0.743. The lowest BCUT2D eigenvalue weighted by Gasteiger charge is -2.04. The molecule has 0 spiro atoms. The van der Waals surface area contributed by atoms with E-state index in [2.05, 4.69) is 67.9 Å². The van der Waals surface area contributed by atoms with E-state index in [-0.39, 0.29) is 0 Å². The summed E-state index contributed by atoms with van der Waals surface area (Å²) in [6, 6.07) is 6.50. The summed E-state index contributed by atoms with van der Waals surface area (Å²) in [7, 11) is 0. The summed E-state index contributed by atoms with van der Waals surface area (Å²) in [5.74, 6) is 1.22. The summed E-state index contributed by atoms with van der Waals surface area (Å²) in [5, 5.41) is 11.5. The van der Waals surface area contributed by atoms with E-state index in [4.69, 9.17) is 4.42 Å². The van der Waals surface area contributed by atoms with Crippen LogP contribution in [0.25, 0.3) is 11.5 Å². The Morgan fingerprint density at radius 3 is 2.89 bits per heavy atom. The zero-order valence-corrected chi connectivity index (χ0v) is 14.5. The van der Waals surface area contributed by atoms with Crippen LogP contribution in [0.1, 0.15) is 19.7 Å². The number of nitrogens with one attached hydrogen (secondary N) is 1. The van der Waals surface area contributed by atoms with Crippen LogP contribution in [0.4, 0.5) is 0 Å². The lowest BCUT2D eigenvalue weighted by atomic mass is 10.2. The van der Waals surface area contributed by atoms with E-state index >= 15 is 0 Å². The fourth-order valence-corrected chi connectivity index (χ4v) is 2.50. The SMILES string of the molecule is CC(C)NCCc1nnc(-c2cc(I)ccc2Br)o1. The molecule has 1 aromatic heterocycles. The summed E-state index contributed by atoms with van der Waals surface area (Å²) >= 11 is 5.77. The van der Waals surface area contributed by atoms with Crippen molar-refractivity contribution in [3.63, 3.8) is 0 Å². The van der Waals surface area contributed by atoms with Crippen LogP contribution < -0.4 is 5.32 Å². The van der Waals surface area contributed by atoms with Gasteiger partial charge in [-0.15, -0.1) is 10.2 Å². The highest BCUT2D eigenvalue weighted by Crippen LogP contribution is 2.28. The summed E-state index contributed by atoms with van der Waals surface area (Å²) in [4.78, 5) is 0. The van der Waals surface area contributed by atoms with E-state index in [9.17, 15) is 0 Å². The standard InChI is InChI=1S/C13H15BrIN3O/c1-8(2)16-6-5-12-17-18-13(19-12)10-7-9(15)3-4-11(10)14/h3-4,7-8,16H,5-6H2,1-2H3. The average Bonchev–Trinajstić information content (AvgIpc) is 2.80. The largest absolute Gasteiger partial charge is 0.421 e. The maximum atomic E-state index is 5.69. The summed E-state index contributed by atoms with van der Waals surface area (Å²) in [6.45, 7) is 5.07. The minimum Gasteiger partial charge on any atom is -0.421 e. The number of hydrogen-bond donors (Lipinski definition) is 1. The van der Waals surface area contributed by atoms with Gasteiger partial charge in [0.25, 0.3) is 0 Å². The number of aromatic nitrogens is 2. The van der Waals surface area contributed by atoms with Gasteiger partial charge in [0.1, 0.15) is 0 Å². The molecule has 0 aliphatic heterocycles. The Morgan fingerprint density at radius 2 is 2.16 bits per heavy atom. The third-order valence-electron chi connectivity index (χ3n) is 2.52. The minimum atomic E-state index is 0.465. The third-order valence-corrected chi connectivity index (χ3v) is 3.88. The minimum absolute atomic E-state index is 0.465. The number of nitrogens with zero attached hydrogens (tertiary/aromatic N) is 2. The predicted molar refractivity (Wildman–Crippen MR) is 87.0 cm³/mol. The van der Waals surface area contributed by atoms with Crippen LogP contribution in [0.5, 0.6) is 0 Å². The van der Waals surface area contributed by atoms with Gasteiger partial charge in [0.05, 0.1) is 5.56 Å². The van der Waals surface area contributed by atoms with Crippen LogP contribution in [-0.2, 0) is 6.42 Å². The van der Waals surface area contributed by atoms with Gasteiger partial charge in [0, 0.05) is 27.1 Å². The quantitative estimate of drug-likeness (QED) is 0.728. The fourth-order valence-electron chi connectivity index (χ4n) is 1.59. The van der Waals surface area contributed by atoms with Gasteiger partial charge in [-0.1, -0.05) is 13.8 Å². The second-order valence-corrected chi connectivity index (χ2v) is 6.58. The molecule has 1 N–H and O–H groups in total. The predicted octanol–water partition coefficient (Wildman–Crippen LogP) is 3.64. The smallest absolute Gasteiger partial charge is 0.248 e. The van der Waals surface area contributed by atoms with E-state index in [0.29, 0.717) is 17.8 Å². The molecule has 0 unspecified atom stereocenters. The Hall–Kier alpha value is -0.470. The van der Waals surface area contributed by atoms with Crippen molar-refractivity contribution in [1.29, 1.82) is 0 Å². The first kappa shape index (κ1) is 14.9. The molecular formula is C13H15BrIN3O. The Bertz CT molecular complexity index is 557. The average molecular weight is 436 g/mol. The maximum absolute atomic E-state index is 5.69. The number of hydrogen-bond acceptors (Lipinski definition) is 4. The second kappa shape index (κ2) is 6.81. The molecule has 0 atom stereocenters. The third kappa shape index (κ3) is 4.25. The Labute approximate surface area is 134 Å². The van der Waals surface area contributed by atoms with Gasteiger partial charge >= 0.3 is 0 Å². The maximum Gasteiger partial charge on any atom is 0.248 e. The van der Waals surface area contributed by atoms with E-state index in [1.54, 1.807) is 0 Å². The molecule has 4 nitrogen and oxygen atoms in total. The van der Waals surface area contributed by atoms with Gasteiger partial charge in [-0.05, 0) is 56.7 Å². The van der Waals surface area contributed by atoms with Gasteiger partial charge in [-0.2, -0.15) is 0 Å². The van der Waals surface area contributed by atoms with Crippen LogP contribution in [-0.4, -0.2) is 22.8 Å². The van der Waals surface area contributed by atoms with Crippen molar-refractivity contribution in [2.75, 3.05) is 6.54 Å². The Morgan fingerprint density at radius 1 is 1.37 bits per heavy atom. The van der Waals surface area contributed by atoms with Crippen molar-refractivity contribution < 1.29 is 4.42 Å². The number of rotatable bonds is 5. The van der Waals surface area contributed by atoms with Crippen LogP contribution in [0.2, 0.25) is 0 Å². The molecule has 2 aromatic rings. The van der Waals surface area contributed by atoms with Crippen molar-refractivity contribution in [3.8, 4) is 11.5 Å². The van der Waals surface area contributed by atoms with Crippen LogP contribution in [0.3, 0.4) is 0 Å². The molecule has 0 aliphatic rings. The van der Waals surface area contributed by atoms with Gasteiger partial charge < -0.3 is 9.73 Å². The molecule has 0 fully saturated rings. The highest BCUT2D eigenvalue weighted by molar-refractivity contribution is 14.1. The van der Waals surface area contributed by atoms with Crippen molar-refractivity contribution in [1.82, 2.24) is 15.5 Å². The monoisotopic (exact) mass is 435 g/mol. The van der Waals surface area contributed by atoms with E-state index in [1.165, 1.54) is 0 Å². The topological polar surface area (TPSA) is 51.0 Å². The molecule has 0 aliphatic carbocycles. The van der Waals surface area contributed by atoms with Gasteiger partial charge in [0.2, 0.25) is 11.8 Å². The Kier molecular flexibility index (Phi) is 5.35. The molecule has 0 radical (unpaired) electrons. The van der Waals surface area contributed by atoms with Crippen LogP contribution >= 0.6 is 38.5 Å². The first-order valence-corrected chi connectivity index (χ1v) is 7.94. The van der Waals surface area contributed by atoms with Gasteiger partial charge in [-0.3, -0.25) is 0 Å². The lowest BCUT2D eigenvalue weighted by molar-refractivity contribution is 0.484. The molecule has 0 amide bonds. The Balaban J connectivity index is 2.10. The van der Waals surface area contributed by atoms with E-state index < -0.39 is 0 Å². The first-order valence-electron chi connectivity index (χ1n) is 6.07. The summed E-state index contributed by atoms with van der Waals surface area (Å²) in [5.41, 5.74) is 0.933. The lowest BCUT2D eigenvalue weighted by Crippen LogP contribution is -2.25. The van der Waals surface area contributed by atoms with Crippen molar-refractivity contribution in [3.05, 3.63) is 32.1 Å². The van der Waals surface area contributed by atoms with Crippen LogP contribution in [0.15, 0.2) is 27.1 Å². The van der Waals surface area contributed by atoms with Gasteiger partial charge in [0.15, 0.2) is 0 Å². The molecular weight excluding hydrogens is 421 g/mol. The van der Waals surface area contributed by atoms with Crippen molar-refractivity contribution in [2.24, 2.45) is 0 Å². The molecule has 19 heavy (non-hydrogen) atoms. The second-order valence-electron chi connectivity index (χ2n) is 4.48. The molecule has 0 saturated heterocycles. The first-order chi connectivity index (χ1) is 9.06. The normalized spacial score (nSPS) is 11.2. The molecule has 0 bridgehead atoms. The number of halogens is 2. The zero-order chi connectivity index (χ0) is 13.8. The molecule has 1 heterocycles. The fraction of sp³-hybridized carbons (Fsp3) is 0.385. The highest BCUT2D eigenvalue weighted by atomic mass is 127. The molecule has 102 valence electrons. The molecule has 2 rings (SSSR count). The molecule has 1 aromatic carbocycles. The van der Waals surface area contributed by atoms with Gasteiger partial charge in [-0.25, -0.2) is 0 Å². The van der Waals surface area contributed by atoms with Crippen LogP contribution in [0, 0.1) is 3.57 Å². The van der Waals surface area contributed by atoms with Crippen molar-refractivity contribution in [2.45, 2.75) is 26.3 Å². The number of benzene rings is 1. The van der Waals surface area contributed by atoms with Crippen molar-refractivity contribution >= 4 is 38.5 Å². The summed E-state index contributed by atoms with van der Waals surface area (Å²) < 4.78 is 7.79. The molecule has 6 heteroatoms. The highest BCUT2D eigenvalue weighted by Gasteiger charge is 2.12. The molecule has 0 saturated carbocycles. The van der Waals surface area contributed by atoms with E-state index in [0.717, 1.165) is 26.6 Å². The van der Waals surface area contributed by atoms with E-state index in [1.807, 2.05) is 18.2 Å². The zero-order valence-electron chi connectivity index (χ0n) is 10.8.